The number of hydrogen-bond acceptors (Lipinski definition) is 1. The monoisotopic (exact) mass is 305 g/mol. The zero-order valence-electron chi connectivity index (χ0n) is 12.0. The second kappa shape index (κ2) is 4.95. The van der Waals surface area contributed by atoms with Crippen LogP contribution in [0.3, 0.4) is 0 Å². The smallest absolute Gasteiger partial charge is 0.336 e. The molecule has 0 aliphatic heterocycles. The molecule has 0 bridgehead atoms. The number of aromatic nitrogens is 1. The first-order chi connectivity index (χ1) is 11.1. The second-order valence-corrected chi connectivity index (χ2v) is 5.40. The van der Waals surface area contributed by atoms with Crippen LogP contribution in [0.5, 0.6) is 0 Å². The molecule has 4 aromatic rings. The summed E-state index contributed by atoms with van der Waals surface area (Å²) in [5.74, 6) is -1.26. The highest BCUT2D eigenvalue weighted by molar-refractivity contribution is 6.11. The van der Waals surface area contributed by atoms with Crippen LogP contribution in [0.4, 0.5) is 4.39 Å². The van der Waals surface area contributed by atoms with Crippen molar-refractivity contribution in [3.63, 3.8) is 0 Å². The first kappa shape index (κ1) is 13.5. The Hall–Kier alpha value is -3.14. The third-order valence-corrected chi connectivity index (χ3v) is 4.09. The lowest BCUT2D eigenvalue weighted by atomic mass is 9.95. The van der Waals surface area contributed by atoms with Crippen LogP contribution in [0.1, 0.15) is 10.4 Å². The molecule has 0 aliphatic rings. The number of H-pyrrole nitrogens is 1. The van der Waals surface area contributed by atoms with Gasteiger partial charge in [0.2, 0.25) is 0 Å². The Kier molecular flexibility index (Phi) is 2.91. The van der Waals surface area contributed by atoms with Crippen molar-refractivity contribution in [3.05, 3.63) is 72.2 Å². The molecule has 4 heteroatoms. The van der Waals surface area contributed by atoms with E-state index in [2.05, 4.69) is 4.98 Å². The first-order valence-electron chi connectivity index (χ1n) is 7.17. The molecule has 0 atom stereocenters. The number of hydrogen-bond donors (Lipinski definition) is 2. The molecule has 1 heterocycles. The van der Waals surface area contributed by atoms with Gasteiger partial charge in [0.25, 0.3) is 0 Å². The fourth-order valence-corrected chi connectivity index (χ4v) is 3.04. The van der Waals surface area contributed by atoms with E-state index in [4.69, 9.17) is 0 Å². The maximum atomic E-state index is 13.6. The predicted molar refractivity (Wildman–Crippen MR) is 88.2 cm³/mol. The summed E-state index contributed by atoms with van der Waals surface area (Å²) in [6.07, 6.45) is 1.83. The number of carboxylic acids is 1. The van der Waals surface area contributed by atoms with E-state index in [9.17, 15) is 14.3 Å². The lowest BCUT2D eigenvalue weighted by Gasteiger charge is -2.08. The molecular formula is C19H12FNO2. The molecule has 4 rings (SSSR count). The summed E-state index contributed by atoms with van der Waals surface area (Å²) in [6.45, 7) is 0. The van der Waals surface area contributed by atoms with Crippen molar-refractivity contribution in [3.8, 4) is 11.1 Å². The summed E-state index contributed by atoms with van der Waals surface area (Å²) < 4.78 is 13.6. The molecule has 0 saturated heterocycles. The van der Waals surface area contributed by atoms with Crippen molar-refractivity contribution in [1.82, 2.24) is 4.98 Å². The number of fused-ring (bicyclic) bond motifs is 2. The van der Waals surface area contributed by atoms with E-state index in [1.54, 1.807) is 24.3 Å². The maximum Gasteiger partial charge on any atom is 0.336 e. The lowest BCUT2D eigenvalue weighted by molar-refractivity contribution is 0.0699. The molecule has 112 valence electrons. The maximum absolute atomic E-state index is 13.6. The number of rotatable bonds is 2. The first-order valence-corrected chi connectivity index (χ1v) is 7.17. The Morgan fingerprint density at radius 1 is 0.913 bits per heavy atom. The molecule has 2 N–H and O–H groups in total. The molecule has 3 aromatic carbocycles. The average Bonchev–Trinajstić information content (AvgIpc) is 2.96. The van der Waals surface area contributed by atoms with Gasteiger partial charge in [-0.1, -0.05) is 30.3 Å². The molecule has 0 fully saturated rings. The van der Waals surface area contributed by atoms with Crippen molar-refractivity contribution in [1.29, 1.82) is 0 Å². The summed E-state index contributed by atoms with van der Waals surface area (Å²) in [7, 11) is 0. The van der Waals surface area contributed by atoms with Gasteiger partial charge in [0.1, 0.15) is 5.82 Å². The number of carbonyl (C=O) groups is 1. The lowest BCUT2D eigenvalue weighted by Crippen LogP contribution is -1.97. The number of nitrogens with one attached hydrogen (secondary N) is 1. The van der Waals surface area contributed by atoms with Crippen LogP contribution in [0.2, 0.25) is 0 Å². The minimum atomic E-state index is -0.960. The van der Waals surface area contributed by atoms with Gasteiger partial charge in [-0.3, -0.25) is 0 Å². The van der Waals surface area contributed by atoms with Crippen LogP contribution < -0.4 is 0 Å². The van der Waals surface area contributed by atoms with Gasteiger partial charge < -0.3 is 10.1 Å². The minimum absolute atomic E-state index is 0.260. The molecular weight excluding hydrogens is 293 g/mol. The van der Waals surface area contributed by atoms with Crippen LogP contribution in [0.25, 0.3) is 32.8 Å². The molecule has 0 saturated carbocycles. The Morgan fingerprint density at radius 2 is 1.70 bits per heavy atom. The average molecular weight is 305 g/mol. The summed E-state index contributed by atoms with van der Waals surface area (Å²) in [5.41, 5.74) is 2.83. The number of aromatic carboxylic acids is 1. The van der Waals surface area contributed by atoms with E-state index < -0.39 is 5.97 Å². The molecule has 0 amide bonds. The van der Waals surface area contributed by atoms with Gasteiger partial charge in [-0.25, -0.2) is 9.18 Å². The third kappa shape index (κ3) is 2.07. The summed E-state index contributed by atoms with van der Waals surface area (Å²) >= 11 is 0. The van der Waals surface area contributed by atoms with Crippen molar-refractivity contribution in [2.24, 2.45) is 0 Å². The predicted octanol–water partition coefficient (Wildman–Crippen LogP) is 4.83. The van der Waals surface area contributed by atoms with Crippen LogP contribution in [0.15, 0.2) is 60.8 Å². The van der Waals surface area contributed by atoms with Crippen LogP contribution >= 0.6 is 0 Å². The van der Waals surface area contributed by atoms with Crippen LogP contribution in [-0.4, -0.2) is 16.1 Å². The van der Waals surface area contributed by atoms with Gasteiger partial charge in [0.05, 0.1) is 5.56 Å². The highest BCUT2D eigenvalue weighted by Crippen LogP contribution is 2.35. The van der Waals surface area contributed by atoms with Gasteiger partial charge in [0.15, 0.2) is 0 Å². The van der Waals surface area contributed by atoms with Crippen molar-refractivity contribution in [2.75, 3.05) is 0 Å². The summed E-state index contributed by atoms with van der Waals surface area (Å²) in [5, 5.41) is 11.6. The largest absolute Gasteiger partial charge is 0.478 e. The van der Waals surface area contributed by atoms with Crippen molar-refractivity contribution in [2.45, 2.75) is 0 Å². The van der Waals surface area contributed by atoms with E-state index in [-0.39, 0.29) is 11.4 Å². The molecule has 0 unspecified atom stereocenters. The van der Waals surface area contributed by atoms with Gasteiger partial charge in [-0.2, -0.15) is 0 Å². The zero-order chi connectivity index (χ0) is 16.0. The molecule has 0 aliphatic carbocycles. The van der Waals surface area contributed by atoms with E-state index in [1.807, 2.05) is 24.4 Å². The fourth-order valence-electron chi connectivity index (χ4n) is 3.04. The van der Waals surface area contributed by atoms with E-state index >= 15 is 0 Å². The van der Waals surface area contributed by atoms with Gasteiger partial charge in [-0.05, 0) is 40.6 Å². The van der Waals surface area contributed by atoms with E-state index in [0.717, 1.165) is 27.4 Å². The Balaban J connectivity index is 2.07. The van der Waals surface area contributed by atoms with Crippen molar-refractivity contribution >= 4 is 27.6 Å². The molecule has 3 nitrogen and oxygen atoms in total. The minimum Gasteiger partial charge on any atom is -0.478 e. The summed E-state index contributed by atoms with van der Waals surface area (Å²) in [4.78, 5) is 14.5. The Morgan fingerprint density at radius 3 is 2.48 bits per heavy atom. The number of aromatic amines is 1. The highest BCUT2D eigenvalue weighted by atomic mass is 19.1. The molecule has 0 spiro atoms. The van der Waals surface area contributed by atoms with Gasteiger partial charge in [-0.15, -0.1) is 0 Å². The van der Waals surface area contributed by atoms with Crippen LogP contribution in [-0.2, 0) is 0 Å². The molecule has 23 heavy (non-hydrogen) atoms. The standard InChI is InChI=1S/C19H12FNO2/c20-11-5-8-18-16(9-11)17(10-21-18)14-6-7-15(19(22)23)13-4-2-1-3-12(13)14/h1-10,21H,(H,22,23). The highest BCUT2D eigenvalue weighted by Gasteiger charge is 2.14. The Bertz CT molecular complexity index is 1070. The number of halogens is 1. The number of carboxylic acid groups (broad SMARTS) is 1. The SMILES string of the molecule is O=C(O)c1ccc(-c2c[nH]c3ccc(F)cc23)c2ccccc12. The Labute approximate surface area is 131 Å². The summed E-state index contributed by atoms with van der Waals surface area (Å²) in [6, 6.07) is 15.3. The van der Waals surface area contributed by atoms with E-state index in [1.165, 1.54) is 12.1 Å². The topological polar surface area (TPSA) is 53.1 Å². The van der Waals surface area contributed by atoms with E-state index in [0.29, 0.717) is 5.39 Å². The zero-order valence-corrected chi connectivity index (χ0v) is 12.0. The quantitative estimate of drug-likeness (QED) is 0.557. The second-order valence-electron chi connectivity index (χ2n) is 5.40. The fraction of sp³-hybridized carbons (Fsp3) is 0. The van der Waals surface area contributed by atoms with Crippen LogP contribution in [0, 0.1) is 5.82 Å². The van der Waals surface area contributed by atoms with Gasteiger partial charge in [0, 0.05) is 22.7 Å². The molecule has 0 radical (unpaired) electrons. The van der Waals surface area contributed by atoms with Crippen molar-refractivity contribution < 1.29 is 14.3 Å². The molecule has 1 aromatic heterocycles. The normalized spacial score (nSPS) is 11.2. The third-order valence-electron chi connectivity index (χ3n) is 4.09. The number of benzene rings is 3. The van der Waals surface area contributed by atoms with Gasteiger partial charge >= 0.3 is 5.97 Å².